The minimum absolute atomic E-state index is 0.817. The van der Waals surface area contributed by atoms with Crippen molar-refractivity contribution in [1.29, 1.82) is 0 Å². The van der Waals surface area contributed by atoms with Crippen LogP contribution in [0, 0.1) is 47.3 Å². The summed E-state index contributed by atoms with van der Waals surface area (Å²) in [6, 6.07) is 0. The minimum atomic E-state index is 0.817. The molecule has 18 heavy (non-hydrogen) atoms. The number of hydrogen-bond donors (Lipinski definition) is 0. The average molecular weight is 252 g/mol. The Balaban J connectivity index is 2.54. The van der Waals surface area contributed by atoms with Gasteiger partial charge in [0.2, 0.25) is 0 Å². The second kappa shape index (κ2) is 6.44. The van der Waals surface area contributed by atoms with E-state index in [-0.39, 0.29) is 0 Å². The molecule has 7 unspecified atom stereocenters. The van der Waals surface area contributed by atoms with E-state index < -0.39 is 0 Å². The van der Waals surface area contributed by atoms with Crippen molar-refractivity contribution in [2.24, 2.45) is 47.3 Å². The highest BCUT2D eigenvalue weighted by Crippen LogP contribution is 2.49. The molecule has 0 radical (unpaired) electrons. The first-order valence-electron chi connectivity index (χ1n) is 8.31. The van der Waals surface area contributed by atoms with Gasteiger partial charge in [0.1, 0.15) is 0 Å². The van der Waals surface area contributed by atoms with E-state index in [2.05, 4.69) is 55.4 Å². The van der Waals surface area contributed by atoms with Crippen LogP contribution in [0.1, 0.15) is 68.2 Å². The fraction of sp³-hybridized carbons (Fsp3) is 1.00. The van der Waals surface area contributed by atoms with Crippen LogP contribution >= 0.6 is 0 Å². The minimum Gasteiger partial charge on any atom is -0.0651 e. The molecule has 0 spiro atoms. The summed E-state index contributed by atoms with van der Waals surface area (Å²) in [7, 11) is 0. The molecule has 0 bridgehead atoms. The van der Waals surface area contributed by atoms with Gasteiger partial charge in [-0.1, -0.05) is 61.8 Å². The molecule has 1 aliphatic carbocycles. The first kappa shape index (κ1) is 16.1. The Bertz CT molecular complexity index is 242. The fourth-order valence-corrected chi connectivity index (χ4v) is 4.12. The molecule has 0 aromatic carbocycles. The van der Waals surface area contributed by atoms with Crippen molar-refractivity contribution in [1.82, 2.24) is 0 Å². The standard InChI is InChI=1S/C18H36/c1-9-17-10-18(16(17)8)15(7)14(6)13(5)12(4)11(2)3/h11-18H,9-10H2,1-8H3. The van der Waals surface area contributed by atoms with Crippen LogP contribution in [-0.2, 0) is 0 Å². The van der Waals surface area contributed by atoms with Crippen LogP contribution in [0.25, 0.3) is 0 Å². The van der Waals surface area contributed by atoms with Crippen LogP contribution in [0.15, 0.2) is 0 Å². The van der Waals surface area contributed by atoms with Gasteiger partial charge in [0.15, 0.2) is 0 Å². The molecule has 0 heteroatoms. The van der Waals surface area contributed by atoms with Crippen molar-refractivity contribution in [3.8, 4) is 0 Å². The number of hydrogen-bond acceptors (Lipinski definition) is 0. The van der Waals surface area contributed by atoms with Crippen molar-refractivity contribution in [3.05, 3.63) is 0 Å². The monoisotopic (exact) mass is 252 g/mol. The topological polar surface area (TPSA) is 0 Å². The largest absolute Gasteiger partial charge is 0.0651 e. The zero-order valence-electron chi connectivity index (χ0n) is 14.0. The van der Waals surface area contributed by atoms with Crippen LogP contribution in [0.5, 0.6) is 0 Å². The van der Waals surface area contributed by atoms with Crippen molar-refractivity contribution >= 4 is 0 Å². The Morgan fingerprint density at radius 1 is 0.889 bits per heavy atom. The first-order chi connectivity index (χ1) is 8.31. The molecule has 0 heterocycles. The lowest BCUT2D eigenvalue weighted by molar-refractivity contribution is 0.00120. The van der Waals surface area contributed by atoms with Crippen LogP contribution in [0.3, 0.4) is 0 Å². The summed E-state index contributed by atoms with van der Waals surface area (Å²) in [5.74, 6) is 7.26. The van der Waals surface area contributed by atoms with Crippen molar-refractivity contribution in [2.45, 2.75) is 68.2 Å². The SMILES string of the molecule is CCC1CC(C(C)C(C)C(C)C(C)C(C)C)C1C. The van der Waals surface area contributed by atoms with E-state index in [0.717, 1.165) is 47.3 Å². The zero-order valence-corrected chi connectivity index (χ0v) is 14.0. The highest BCUT2D eigenvalue weighted by molar-refractivity contribution is 4.91. The summed E-state index contributed by atoms with van der Waals surface area (Å²) in [4.78, 5) is 0. The molecule has 7 atom stereocenters. The molecule has 0 aromatic heterocycles. The van der Waals surface area contributed by atoms with E-state index in [1.165, 1.54) is 12.8 Å². The molecule has 0 aromatic rings. The Hall–Kier alpha value is 0. The smallest absolute Gasteiger partial charge is 0.0355 e. The van der Waals surface area contributed by atoms with Gasteiger partial charge in [0, 0.05) is 0 Å². The summed E-state index contributed by atoms with van der Waals surface area (Å²) in [6.07, 6.45) is 2.88. The van der Waals surface area contributed by atoms with Gasteiger partial charge in [-0.25, -0.2) is 0 Å². The predicted molar refractivity (Wildman–Crippen MR) is 82.5 cm³/mol. The van der Waals surface area contributed by atoms with Gasteiger partial charge in [-0.3, -0.25) is 0 Å². The Kier molecular flexibility index (Phi) is 5.74. The molecule has 1 fully saturated rings. The van der Waals surface area contributed by atoms with Crippen molar-refractivity contribution in [3.63, 3.8) is 0 Å². The molecule has 1 aliphatic rings. The highest BCUT2D eigenvalue weighted by atomic mass is 14.5. The lowest BCUT2D eigenvalue weighted by Crippen LogP contribution is -2.42. The normalized spacial score (nSPS) is 34.8. The third-order valence-corrected chi connectivity index (χ3v) is 6.73. The second-order valence-corrected chi connectivity index (χ2v) is 7.61. The molecule has 0 N–H and O–H groups in total. The molecule has 0 amide bonds. The zero-order chi connectivity index (χ0) is 14.0. The van der Waals surface area contributed by atoms with Crippen LogP contribution < -0.4 is 0 Å². The van der Waals surface area contributed by atoms with E-state index >= 15 is 0 Å². The molecule has 0 saturated heterocycles. The molecular weight excluding hydrogens is 216 g/mol. The maximum absolute atomic E-state index is 2.52. The van der Waals surface area contributed by atoms with Gasteiger partial charge in [-0.15, -0.1) is 0 Å². The summed E-state index contributed by atoms with van der Waals surface area (Å²) in [6.45, 7) is 19.5. The van der Waals surface area contributed by atoms with E-state index in [0.29, 0.717) is 0 Å². The molecule has 108 valence electrons. The third kappa shape index (κ3) is 3.11. The number of rotatable bonds is 6. The maximum atomic E-state index is 2.52. The van der Waals surface area contributed by atoms with Crippen molar-refractivity contribution in [2.75, 3.05) is 0 Å². The van der Waals surface area contributed by atoms with Gasteiger partial charge in [0.05, 0.1) is 0 Å². The molecular formula is C18H36. The van der Waals surface area contributed by atoms with E-state index in [4.69, 9.17) is 0 Å². The lowest BCUT2D eigenvalue weighted by atomic mass is 9.56. The van der Waals surface area contributed by atoms with E-state index in [1.807, 2.05) is 0 Å². The fourth-order valence-electron chi connectivity index (χ4n) is 4.12. The second-order valence-electron chi connectivity index (χ2n) is 7.61. The van der Waals surface area contributed by atoms with E-state index in [9.17, 15) is 0 Å². The van der Waals surface area contributed by atoms with Crippen molar-refractivity contribution < 1.29 is 0 Å². The van der Waals surface area contributed by atoms with Crippen LogP contribution in [-0.4, -0.2) is 0 Å². The summed E-state index contributed by atoms with van der Waals surface area (Å²) in [5.41, 5.74) is 0. The molecule has 0 aliphatic heterocycles. The van der Waals surface area contributed by atoms with Gasteiger partial charge in [-0.05, 0) is 53.8 Å². The summed E-state index contributed by atoms with van der Waals surface area (Å²) < 4.78 is 0. The average Bonchev–Trinajstić information content (AvgIpc) is 2.34. The van der Waals surface area contributed by atoms with E-state index in [1.54, 1.807) is 0 Å². The molecule has 1 saturated carbocycles. The van der Waals surface area contributed by atoms with Gasteiger partial charge in [0.25, 0.3) is 0 Å². The van der Waals surface area contributed by atoms with Gasteiger partial charge in [-0.2, -0.15) is 0 Å². The van der Waals surface area contributed by atoms with Gasteiger partial charge < -0.3 is 0 Å². The quantitative estimate of drug-likeness (QED) is 0.554. The summed E-state index contributed by atoms with van der Waals surface area (Å²) in [5, 5.41) is 0. The molecule has 0 nitrogen and oxygen atoms in total. The third-order valence-electron chi connectivity index (χ3n) is 6.73. The van der Waals surface area contributed by atoms with Crippen LogP contribution in [0.4, 0.5) is 0 Å². The Labute approximate surface area is 116 Å². The lowest BCUT2D eigenvalue weighted by Gasteiger charge is -2.49. The van der Waals surface area contributed by atoms with Crippen LogP contribution in [0.2, 0.25) is 0 Å². The summed E-state index contributed by atoms with van der Waals surface area (Å²) >= 11 is 0. The molecule has 1 rings (SSSR count). The van der Waals surface area contributed by atoms with Gasteiger partial charge >= 0.3 is 0 Å². The highest BCUT2D eigenvalue weighted by Gasteiger charge is 2.42. The Morgan fingerprint density at radius 2 is 1.44 bits per heavy atom. The predicted octanol–water partition coefficient (Wildman–Crippen LogP) is 5.87. The maximum Gasteiger partial charge on any atom is -0.0355 e. The first-order valence-corrected chi connectivity index (χ1v) is 8.31. The Morgan fingerprint density at radius 3 is 1.83 bits per heavy atom.